The Morgan fingerprint density at radius 3 is 2.20 bits per heavy atom. The number of hydrogen-bond acceptors (Lipinski definition) is 4. The molecule has 182 valence electrons. The van der Waals surface area contributed by atoms with Gasteiger partial charge in [-0.2, -0.15) is 0 Å². The third kappa shape index (κ3) is 7.50. The maximum Gasteiger partial charge on any atom is 0.306 e. The molecule has 0 saturated heterocycles. The SMILES string of the molecule is CC(CC(NC(=O)c1ccc(-c2ccccc2)cc1)C(=O)NC(C)(C)Cc1cccnc1)C(=O)O. The lowest BCUT2D eigenvalue weighted by Gasteiger charge is -2.30. The third-order valence-corrected chi connectivity index (χ3v) is 5.72. The summed E-state index contributed by atoms with van der Waals surface area (Å²) in [7, 11) is 0. The van der Waals surface area contributed by atoms with Crippen molar-refractivity contribution in [2.24, 2.45) is 5.92 Å². The van der Waals surface area contributed by atoms with Gasteiger partial charge >= 0.3 is 5.97 Å². The van der Waals surface area contributed by atoms with Gasteiger partial charge in [-0.15, -0.1) is 0 Å². The number of rotatable bonds is 10. The molecule has 0 radical (unpaired) electrons. The number of carbonyl (C=O) groups is 3. The number of nitrogens with one attached hydrogen (secondary N) is 2. The smallest absolute Gasteiger partial charge is 0.306 e. The van der Waals surface area contributed by atoms with Crippen LogP contribution in [0, 0.1) is 5.92 Å². The molecule has 3 N–H and O–H groups in total. The van der Waals surface area contributed by atoms with Gasteiger partial charge in [0.25, 0.3) is 5.91 Å². The third-order valence-electron chi connectivity index (χ3n) is 5.72. The average Bonchev–Trinajstić information content (AvgIpc) is 2.84. The first-order valence-electron chi connectivity index (χ1n) is 11.5. The lowest BCUT2D eigenvalue weighted by molar-refractivity contribution is -0.141. The summed E-state index contributed by atoms with van der Waals surface area (Å²) in [5.74, 6) is -2.71. The molecule has 0 fully saturated rings. The number of carboxylic acid groups (broad SMARTS) is 1. The van der Waals surface area contributed by atoms with Crippen molar-refractivity contribution in [3.8, 4) is 11.1 Å². The average molecular weight is 474 g/mol. The van der Waals surface area contributed by atoms with Crippen LogP contribution in [0.2, 0.25) is 0 Å². The molecule has 2 unspecified atom stereocenters. The monoisotopic (exact) mass is 473 g/mol. The van der Waals surface area contributed by atoms with E-state index in [-0.39, 0.29) is 6.42 Å². The van der Waals surface area contributed by atoms with Crippen molar-refractivity contribution in [1.82, 2.24) is 15.6 Å². The zero-order valence-corrected chi connectivity index (χ0v) is 20.2. The quantitative estimate of drug-likeness (QED) is 0.411. The molecule has 0 aliphatic heterocycles. The van der Waals surface area contributed by atoms with Crippen LogP contribution in [0.4, 0.5) is 0 Å². The first-order chi connectivity index (χ1) is 16.6. The number of amides is 2. The molecule has 2 aromatic carbocycles. The Morgan fingerprint density at radius 2 is 1.60 bits per heavy atom. The van der Waals surface area contributed by atoms with Gasteiger partial charge in [0.1, 0.15) is 6.04 Å². The molecule has 0 aliphatic carbocycles. The van der Waals surface area contributed by atoms with Crippen LogP contribution < -0.4 is 10.6 Å². The summed E-state index contributed by atoms with van der Waals surface area (Å²) >= 11 is 0. The predicted molar refractivity (Wildman–Crippen MR) is 135 cm³/mol. The zero-order valence-electron chi connectivity index (χ0n) is 20.2. The molecule has 0 spiro atoms. The van der Waals surface area contributed by atoms with E-state index < -0.39 is 35.3 Å². The molecule has 3 aromatic rings. The Labute approximate surface area is 205 Å². The van der Waals surface area contributed by atoms with Gasteiger partial charge in [0.05, 0.1) is 5.92 Å². The molecule has 0 saturated carbocycles. The normalized spacial score (nSPS) is 12.9. The van der Waals surface area contributed by atoms with E-state index in [1.165, 1.54) is 6.92 Å². The standard InChI is InChI=1S/C28H31N3O4/c1-19(27(34)35)16-24(26(33)31-28(2,3)17-20-8-7-15-29-18-20)30-25(32)23-13-11-22(12-14-23)21-9-5-4-6-10-21/h4-15,18-19,24H,16-17H2,1-3H3,(H,30,32)(H,31,33)(H,34,35). The van der Waals surface area contributed by atoms with Crippen LogP contribution in [0.25, 0.3) is 11.1 Å². The zero-order chi connectivity index (χ0) is 25.4. The van der Waals surface area contributed by atoms with Crippen molar-refractivity contribution in [2.45, 2.75) is 45.2 Å². The van der Waals surface area contributed by atoms with E-state index in [0.29, 0.717) is 12.0 Å². The Hall–Kier alpha value is -4.00. The highest BCUT2D eigenvalue weighted by molar-refractivity contribution is 5.98. The van der Waals surface area contributed by atoms with E-state index in [9.17, 15) is 19.5 Å². The van der Waals surface area contributed by atoms with Crippen molar-refractivity contribution in [1.29, 1.82) is 0 Å². The van der Waals surface area contributed by atoms with Crippen LogP contribution in [-0.4, -0.2) is 39.5 Å². The van der Waals surface area contributed by atoms with Crippen molar-refractivity contribution in [3.05, 3.63) is 90.3 Å². The Morgan fingerprint density at radius 1 is 0.943 bits per heavy atom. The van der Waals surface area contributed by atoms with Crippen molar-refractivity contribution in [3.63, 3.8) is 0 Å². The second kappa shape index (κ2) is 11.4. The fourth-order valence-corrected chi connectivity index (χ4v) is 3.85. The first kappa shape index (κ1) is 25.6. The van der Waals surface area contributed by atoms with Gasteiger partial charge in [0.2, 0.25) is 5.91 Å². The van der Waals surface area contributed by atoms with Crippen LogP contribution in [0.5, 0.6) is 0 Å². The van der Waals surface area contributed by atoms with Gasteiger partial charge in [-0.1, -0.05) is 55.5 Å². The molecular weight excluding hydrogens is 442 g/mol. The second-order valence-electron chi connectivity index (χ2n) is 9.36. The van der Waals surface area contributed by atoms with Crippen LogP contribution >= 0.6 is 0 Å². The van der Waals surface area contributed by atoms with E-state index in [1.807, 2.05) is 68.4 Å². The number of nitrogens with zero attached hydrogens (tertiary/aromatic N) is 1. The van der Waals surface area contributed by atoms with Crippen molar-refractivity contribution in [2.75, 3.05) is 0 Å². The number of aromatic nitrogens is 1. The molecule has 7 heteroatoms. The molecule has 1 aromatic heterocycles. The topological polar surface area (TPSA) is 108 Å². The number of aliphatic carboxylic acids is 1. The minimum atomic E-state index is -1.03. The van der Waals surface area contributed by atoms with Crippen LogP contribution in [0.3, 0.4) is 0 Å². The van der Waals surface area contributed by atoms with Gasteiger partial charge in [0, 0.05) is 23.5 Å². The van der Waals surface area contributed by atoms with Crippen molar-refractivity contribution < 1.29 is 19.5 Å². The van der Waals surface area contributed by atoms with E-state index in [1.54, 1.807) is 24.5 Å². The summed E-state index contributed by atoms with van der Waals surface area (Å²) in [6.45, 7) is 5.27. The highest BCUT2D eigenvalue weighted by atomic mass is 16.4. The van der Waals surface area contributed by atoms with Crippen LogP contribution in [0.1, 0.15) is 43.1 Å². The second-order valence-corrected chi connectivity index (χ2v) is 9.36. The van der Waals surface area contributed by atoms with Gasteiger partial charge in [-0.25, -0.2) is 0 Å². The molecule has 2 atom stereocenters. The number of hydrogen-bond donors (Lipinski definition) is 3. The molecule has 0 bridgehead atoms. The molecule has 2 amide bonds. The number of carbonyl (C=O) groups excluding carboxylic acids is 2. The fraction of sp³-hybridized carbons (Fsp3) is 0.286. The van der Waals surface area contributed by atoms with Gasteiger partial charge in [-0.05, 0) is 61.6 Å². The summed E-state index contributed by atoms with van der Waals surface area (Å²) < 4.78 is 0. The summed E-state index contributed by atoms with van der Waals surface area (Å²) in [6, 6.07) is 19.6. The first-order valence-corrected chi connectivity index (χ1v) is 11.5. The van der Waals surface area contributed by atoms with Crippen LogP contribution in [-0.2, 0) is 16.0 Å². The lowest BCUT2D eigenvalue weighted by Crippen LogP contribution is -2.54. The van der Waals surface area contributed by atoms with E-state index >= 15 is 0 Å². The molecule has 3 rings (SSSR count). The lowest BCUT2D eigenvalue weighted by atomic mass is 9.94. The fourth-order valence-electron chi connectivity index (χ4n) is 3.85. The summed E-state index contributed by atoms with van der Waals surface area (Å²) in [5.41, 5.74) is 2.71. The highest BCUT2D eigenvalue weighted by Gasteiger charge is 2.30. The minimum absolute atomic E-state index is 0.0298. The molecule has 1 heterocycles. The summed E-state index contributed by atoms with van der Waals surface area (Å²) in [4.78, 5) is 41.7. The van der Waals surface area contributed by atoms with Gasteiger partial charge in [0.15, 0.2) is 0 Å². The largest absolute Gasteiger partial charge is 0.481 e. The maximum atomic E-state index is 13.2. The Kier molecular flexibility index (Phi) is 8.36. The molecular formula is C28H31N3O4. The molecule has 35 heavy (non-hydrogen) atoms. The van der Waals surface area contributed by atoms with E-state index in [0.717, 1.165) is 16.7 Å². The van der Waals surface area contributed by atoms with Crippen LogP contribution in [0.15, 0.2) is 79.1 Å². The van der Waals surface area contributed by atoms with Gasteiger partial charge in [-0.3, -0.25) is 19.4 Å². The Bertz CT molecular complexity index is 1150. The Balaban J connectivity index is 1.73. The minimum Gasteiger partial charge on any atom is -0.481 e. The maximum absolute atomic E-state index is 13.2. The highest BCUT2D eigenvalue weighted by Crippen LogP contribution is 2.20. The van der Waals surface area contributed by atoms with Gasteiger partial charge < -0.3 is 15.7 Å². The van der Waals surface area contributed by atoms with Crippen molar-refractivity contribution >= 4 is 17.8 Å². The summed E-state index contributed by atoms with van der Waals surface area (Å²) in [5, 5.41) is 15.1. The molecule has 0 aliphatic rings. The number of carboxylic acids is 1. The predicted octanol–water partition coefficient (Wildman–Crippen LogP) is 4.10. The summed E-state index contributed by atoms with van der Waals surface area (Å²) in [6.07, 6.45) is 3.92. The van der Waals surface area contributed by atoms with E-state index in [4.69, 9.17) is 0 Å². The number of pyridine rings is 1. The molecule has 7 nitrogen and oxygen atoms in total. The van der Waals surface area contributed by atoms with E-state index in [2.05, 4.69) is 15.6 Å². The number of benzene rings is 2.